The van der Waals surface area contributed by atoms with Gasteiger partial charge in [0.25, 0.3) is 0 Å². The first-order valence-electron chi connectivity index (χ1n) is 8.47. The minimum absolute atomic E-state index is 0.101. The molecule has 1 aromatic carbocycles. The van der Waals surface area contributed by atoms with E-state index in [1.165, 1.54) is 0 Å². The van der Waals surface area contributed by atoms with Crippen LogP contribution in [0.1, 0.15) is 15.9 Å². The second-order valence-electron chi connectivity index (χ2n) is 6.05. The first-order chi connectivity index (χ1) is 13.2. The van der Waals surface area contributed by atoms with Crippen molar-refractivity contribution >= 4 is 11.9 Å². The van der Waals surface area contributed by atoms with Crippen molar-refractivity contribution < 1.29 is 4.79 Å². The molecule has 0 spiro atoms. The van der Waals surface area contributed by atoms with E-state index in [1.807, 2.05) is 53.3 Å². The second-order valence-corrected chi connectivity index (χ2v) is 6.05. The molecule has 0 N–H and O–H groups in total. The van der Waals surface area contributed by atoms with E-state index in [-0.39, 0.29) is 5.78 Å². The van der Waals surface area contributed by atoms with E-state index in [2.05, 4.69) is 10.1 Å². The largest absolute Gasteiger partial charge is 0.289 e. The number of benzene rings is 1. The molecule has 0 radical (unpaired) electrons. The third-order valence-electron chi connectivity index (χ3n) is 4.12. The molecule has 0 amide bonds. The van der Waals surface area contributed by atoms with E-state index in [0.717, 1.165) is 22.5 Å². The highest BCUT2D eigenvalue weighted by Crippen LogP contribution is 2.24. The Balaban J connectivity index is 1.73. The minimum atomic E-state index is -0.101. The molecule has 6 nitrogen and oxygen atoms in total. The first-order valence-corrected chi connectivity index (χ1v) is 8.47. The van der Waals surface area contributed by atoms with Gasteiger partial charge in [0.2, 0.25) is 0 Å². The Kier molecular flexibility index (Phi) is 4.45. The van der Waals surface area contributed by atoms with Gasteiger partial charge in [-0.3, -0.25) is 14.5 Å². The number of ketones is 1. The topological polar surface area (TPSA) is 65.6 Å². The summed E-state index contributed by atoms with van der Waals surface area (Å²) in [6, 6.07) is 13.7. The molecule has 0 aliphatic rings. The highest BCUT2D eigenvalue weighted by atomic mass is 16.1. The van der Waals surface area contributed by atoms with Crippen molar-refractivity contribution in [1.29, 1.82) is 0 Å². The molecule has 0 fully saturated rings. The molecule has 4 rings (SSSR count). The summed E-state index contributed by atoms with van der Waals surface area (Å²) in [5.41, 5.74) is 4.08. The van der Waals surface area contributed by atoms with Crippen LogP contribution in [0.25, 0.3) is 23.0 Å². The number of allylic oxidation sites excluding steroid dienone is 1. The highest BCUT2D eigenvalue weighted by Gasteiger charge is 2.11. The third kappa shape index (κ3) is 3.59. The van der Waals surface area contributed by atoms with Crippen LogP contribution in [0.4, 0.5) is 0 Å². The maximum absolute atomic E-state index is 12.4. The Hall–Kier alpha value is -3.80. The molecule has 3 heterocycles. The summed E-state index contributed by atoms with van der Waals surface area (Å²) in [4.78, 5) is 16.4. The van der Waals surface area contributed by atoms with E-state index in [1.54, 1.807) is 48.7 Å². The van der Waals surface area contributed by atoms with Gasteiger partial charge in [-0.05, 0) is 36.4 Å². The maximum atomic E-state index is 12.4. The van der Waals surface area contributed by atoms with Crippen molar-refractivity contribution in [3.8, 4) is 16.9 Å². The molecule has 0 bridgehead atoms. The lowest BCUT2D eigenvalue weighted by atomic mass is 10.1. The fourth-order valence-corrected chi connectivity index (χ4v) is 2.77. The SMILES string of the molecule is Cn1cc(C(=O)C=Cc2cn(-c3ccccc3)nc2-c2ccncc2)cn1. The van der Waals surface area contributed by atoms with Gasteiger partial charge in [0, 0.05) is 43.0 Å². The molecule has 132 valence electrons. The van der Waals surface area contributed by atoms with Crippen molar-refractivity contribution in [2.45, 2.75) is 0 Å². The maximum Gasteiger partial charge on any atom is 0.189 e. The number of para-hydroxylation sites is 1. The fraction of sp³-hybridized carbons (Fsp3) is 0.0476. The van der Waals surface area contributed by atoms with E-state index < -0.39 is 0 Å². The van der Waals surface area contributed by atoms with Crippen LogP contribution in [0.15, 0.2) is 79.5 Å². The molecule has 3 aromatic heterocycles. The standard InChI is InChI=1S/C21H17N5O/c1-25-14-18(13-23-25)20(27)8-7-17-15-26(19-5-3-2-4-6-19)24-21(17)16-9-11-22-12-10-16/h2-15H,1H3. The van der Waals surface area contributed by atoms with Crippen molar-refractivity contribution in [3.05, 3.63) is 90.7 Å². The van der Waals surface area contributed by atoms with E-state index in [9.17, 15) is 4.79 Å². The number of aryl methyl sites for hydroxylation is 1. The van der Waals surface area contributed by atoms with Crippen molar-refractivity contribution in [1.82, 2.24) is 24.5 Å². The average molecular weight is 355 g/mol. The van der Waals surface area contributed by atoms with Crippen LogP contribution >= 0.6 is 0 Å². The number of nitrogens with zero attached hydrogens (tertiary/aromatic N) is 5. The van der Waals surface area contributed by atoms with Gasteiger partial charge in [-0.2, -0.15) is 10.2 Å². The van der Waals surface area contributed by atoms with Crippen LogP contribution in [0.3, 0.4) is 0 Å². The molecule has 27 heavy (non-hydrogen) atoms. The Morgan fingerprint density at radius 3 is 2.52 bits per heavy atom. The minimum Gasteiger partial charge on any atom is -0.289 e. The van der Waals surface area contributed by atoms with Crippen LogP contribution in [-0.4, -0.2) is 30.3 Å². The van der Waals surface area contributed by atoms with Crippen molar-refractivity contribution in [2.24, 2.45) is 7.05 Å². The summed E-state index contributed by atoms with van der Waals surface area (Å²) in [7, 11) is 1.78. The van der Waals surface area contributed by atoms with Gasteiger partial charge in [0.1, 0.15) is 5.69 Å². The zero-order valence-electron chi connectivity index (χ0n) is 14.7. The molecule has 0 saturated heterocycles. The number of pyridine rings is 1. The highest BCUT2D eigenvalue weighted by molar-refractivity contribution is 6.06. The normalized spacial score (nSPS) is 11.1. The molecular formula is C21H17N5O. The average Bonchev–Trinajstić information content (AvgIpc) is 3.34. The van der Waals surface area contributed by atoms with E-state index in [4.69, 9.17) is 5.10 Å². The Morgan fingerprint density at radius 2 is 1.81 bits per heavy atom. The monoisotopic (exact) mass is 355 g/mol. The van der Waals surface area contributed by atoms with Gasteiger partial charge < -0.3 is 0 Å². The zero-order valence-corrected chi connectivity index (χ0v) is 14.7. The molecule has 4 aromatic rings. The molecule has 0 atom stereocenters. The predicted molar refractivity (Wildman–Crippen MR) is 103 cm³/mol. The van der Waals surface area contributed by atoms with Gasteiger partial charge in [0.05, 0.1) is 17.4 Å². The summed E-state index contributed by atoms with van der Waals surface area (Å²) in [6.45, 7) is 0. The van der Waals surface area contributed by atoms with Crippen molar-refractivity contribution in [2.75, 3.05) is 0 Å². The number of aromatic nitrogens is 5. The van der Waals surface area contributed by atoms with Gasteiger partial charge in [0.15, 0.2) is 5.78 Å². The lowest BCUT2D eigenvalue weighted by Gasteiger charge is -2.00. The second kappa shape index (κ2) is 7.21. The molecule has 6 heteroatoms. The summed E-state index contributed by atoms with van der Waals surface area (Å²) >= 11 is 0. The molecular weight excluding hydrogens is 338 g/mol. The van der Waals surface area contributed by atoms with Crippen LogP contribution in [-0.2, 0) is 7.05 Å². The number of hydrogen-bond donors (Lipinski definition) is 0. The van der Waals surface area contributed by atoms with Gasteiger partial charge in [-0.15, -0.1) is 0 Å². The number of carbonyl (C=O) groups excluding carboxylic acids is 1. The number of carbonyl (C=O) groups is 1. The Bertz CT molecular complexity index is 1090. The third-order valence-corrected chi connectivity index (χ3v) is 4.12. The number of rotatable bonds is 5. The van der Waals surface area contributed by atoms with Gasteiger partial charge in [-0.25, -0.2) is 4.68 Å². The summed E-state index contributed by atoms with van der Waals surface area (Å²) in [5.74, 6) is -0.101. The van der Waals surface area contributed by atoms with Crippen LogP contribution in [0, 0.1) is 0 Å². The molecule has 0 aliphatic carbocycles. The Morgan fingerprint density at radius 1 is 1.04 bits per heavy atom. The first kappa shape index (κ1) is 16.7. The van der Waals surface area contributed by atoms with Gasteiger partial charge in [-0.1, -0.05) is 18.2 Å². The molecule has 0 unspecified atom stereocenters. The lowest BCUT2D eigenvalue weighted by Crippen LogP contribution is -1.93. The van der Waals surface area contributed by atoms with Crippen LogP contribution in [0.5, 0.6) is 0 Å². The quantitative estimate of drug-likeness (QED) is 0.405. The number of hydrogen-bond acceptors (Lipinski definition) is 4. The summed E-state index contributed by atoms with van der Waals surface area (Å²) in [6.07, 6.45) is 12.0. The summed E-state index contributed by atoms with van der Waals surface area (Å²) < 4.78 is 3.42. The molecule has 0 saturated carbocycles. The molecule has 0 aliphatic heterocycles. The van der Waals surface area contributed by atoms with Crippen LogP contribution in [0.2, 0.25) is 0 Å². The lowest BCUT2D eigenvalue weighted by molar-refractivity contribution is 0.104. The zero-order chi connectivity index (χ0) is 18.6. The fourth-order valence-electron chi connectivity index (χ4n) is 2.77. The summed E-state index contributed by atoms with van der Waals surface area (Å²) in [5, 5.41) is 8.76. The predicted octanol–water partition coefficient (Wildman–Crippen LogP) is 3.56. The Labute approximate surface area is 156 Å². The smallest absolute Gasteiger partial charge is 0.189 e. The van der Waals surface area contributed by atoms with Crippen LogP contribution < -0.4 is 0 Å². The van der Waals surface area contributed by atoms with Crippen molar-refractivity contribution in [3.63, 3.8) is 0 Å². The van der Waals surface area contributed by atoms with Gasteiger partial charge >= 0.3 is 0 Å². The van der Waals surface area contributed by atoms with E-state index in [0.29, 0.717) is 5.56 Å². The van der Waals surface area contributed by atoms with E-state index >= 15 is 0 Å².